The summed E-state index contributed by atoms with van der Waals surface area (Å²) in [5.41, 5.74) is 2.11. The molecular weight excluding hydrogens is 341 g/mol. The number of hydrogen-bond acceptors (Lipinski definition) is 1. The van der Waals surface area contributed by atoms with Crippen LogP contribution in [0.5, 0.6) is 0 Å². The van der Waals surface area contributed by atoms with E-state index in [0.717, 1.165) is 28.0 Å². The monoisotopic (exact) mass is 355 g/mol. The highest BCUT2D eigenvalue weighted by Gasteiger charge is 2.13. The van der Waals surface area contributed by atoms with Gasteiger partial charge in [-0.15, -0.1) is 0 Å². The second-order valence-corrected chi connectivity index (χ2v) is 6.00. The van der Waals surface area contributed by atoms with Crippen molar-refractivity contribution < 1.29 is 4.39 Å². The molecule has 0 aromatic heterocycles. The predicted octanol–water partition coefficient (Wildman–Crippen LogP) is 5.13. The van der Waals surface area contributed by atoms with Crippen LogP contribution in [-0.4, -0.2) is 6.54 Å². The third-order valence-electron chi connectivity index (χ3n) is 3.09. The molecule has 0 spiro atoms. The Balaban J connectivity index is 2.23. The summed E-state index contributed by atoms with van der Waals surface area (Å²) in [7, 11) is 0. The largest absolute Gasteiger partial charge is 0.310 e. The van der Waals surface area contributed by atoms with E-state index in [1.807, 2.05) is 37.3 Å². The predicted molar refractivity (Wildman–Crippen MR) is 85.7 cm³/mol. The molecule has 0 bridgehead atoms. The van der Waals surface area contributed by atoms with Crippen molar-refractivity contribution in [3.8, 4) is 0 Å². The molecule has 0 fully saturated rings. The average Bonchev–Trinajstić information content (AvgIpc) is 2.39. The van der Waals surface area contributed by atoms with E-state index in [2.05, 4.69) is 21.2 Å². The van der Waals surface area contributed by atoms with Gasteiger partial charge in [-0.05, 0) is 54.4 Å². The van der Waals surface area contributed by atoms with Crippen molar-refractivity contribution in [3.05, 3.63) is 68.9 Å². The highest BCUT2D eigenvalue weighted by atomic mass is 79.9. The van der Waals surface area contributed by atoms with Gasteiger partial charge in [-0.1, -0.05) is 46.6 Å². The van der Waals surface area contributed by atoms with Crippen molar-refractivity contribution in [2.24, 2.45) is 0 Å². The maximum Gasteiger partial charge on any atom is 0.124 e. The van der Waals surface area contributed by atoms with Gasteiger partial charge in [-0.2, -0.15) is 0 Å². The summed E-state index contributed by atoms with van der Waals surface area (Å²) >= 11 is 9.24. The van der Waals surface area contributed by atoms with Gasteiger partial charge < -0.3 is 5.32 Å². The Morgan fingerprint density at radius 2 is 1.90 bits per heavy atom. The first kappa shape index (κ1) is 15.5. The SMILES string of the molecule is CCNC(Cc1ccc(Cl)cc1)c1cc(F)cc(Br)c1. The van der Waals surface area contributed by atoms with E-state index in [1.165, 1.54) is 11.6 Å². The van der Waals surface area contributed by atoms with Crippen LogP contribution in [-0.2, 0) is 6.42 Å². The van der Waals surface area contributed by atoms with E-state index < -0.39 is 0 Å². The van der Waals surface area contributed by atoms with Gasteiger partial charge in [0, 0.05) is 15.5 Å². The van der Waals surface area contributed by atoms with E-state index in [1.54, 1.807) is 6.07 Å². The topological polar surface area (TPSA) is 12.0 Å². The molecule has 0 saturated heterocycles. The number of benzene rings is 2. The molecule has 1 atom stereocenters. The molecule has 2 rings (SSSR count). The Labute approximate surface area is 132 Å². The van der Waals surface area contributed by atoms with Gasteiger partial charge >= 0.3 is 0 Å². The first-order chi connectivity index (χ1) is 9.58. The van der Waals surface area contributed by atoms with Crippen molar-refractivity contribution in [2.45, 2.75) is 19.4 Å². The number of nitrogens with one attached hydrogen (secondary N) is 1. The summed E-state index contributed by atoms with van der Waals surface area (Å²) < 4.78 is 14.3. The first-order valence-corrected chi connectivity index (χ1v) is 7.69. The van der Waals surface area contributed by atoms with Crippen LogP contribution in [0.2, 0.25) is 5.02 Å². The van der Waals surface area contributed by atoms with Crippen LogP contribution in [0.3, 0.4) is 0 Å². The maximum atomic E-state index is 13.5. The van der Waals surface area contributed by atoms with Crippen LogP contribution in [0.4, 0.5) is 4.39 Å². The van der Waals surface area contributed by atoms with Gasteiger partial charge in [-0.3, -0.25) is 0 Å². The Morgan fingerprint density at radius 1 is 1.20 bits per heavy atom. The molecule has 2 aromatic rings. The van der Waals surface area contributed by atoms with E-state index in [-0.39, 0.29) is 11.9 Å². The van der Waals surface area contributed by atoms with Crippen molar-refractivity contribution in [3.63, 3.8) is 0 Å². The molecule has 1 nitrogen and oxygen atoms in total. The molecule has 0 aliphatic rings. The van der Waals surface area contributed by atoms with E-state index >= 15 is 0 Å². The summed E-state index contributed by atoms with van der Waals surface area (Å²) in [6.45, 7) is 2.87. The minimum Gasteiger partial charge on any atom is -0.310 e. The number of likely N-dealkylation sites (N-methyl/N-ethyl adjacent to an activating group) is 1. The van der Waals surface area contributed by atoms with Gasteiger partial charge in [0.05, 0.1) is 0 Å². The Bertz CT molecular complexity index is 551. The lowest BCUT2D eigenvalue weighted by atomic mass is 9.99. The van der Waals surface area contributed by atoms with E-state index in [9.17, 15) is 4.39 Å². The van der Waals surface area contributed by atoms with Crippen molar-refractivity contribution >= 4 is 27.5 Å². The molecule has 2 aromatic carbocycles. The Hall–Kier alpha value is -0.900. The van der Waals surface area contributed by atoms with Crippen LogP contribution in [0, 0.1) is 5.82 Å². The highest BCUT2D eigenvalue weighted by molar-refractivity contribution is 9.10. The van der Waals surface area contributed by atoms with E-state index in [0.29, 0.717) is 0 Å². The average molecular weight is 357 g/mol. The molecule has 0 saturated carbocycles. The molecule has 1 unspecified atom stereocenters. The quantitative estimate of drug-likeness (QED) is 0.782. The highest BCUT2D eigenvalue weighted by Crippen LogP contribution is 2.24. The van der Waals surface area contributed by atoms with Crippen LogP contribution < -0.4 is 5.32 Å². The third-order valence-corrected chi connectivity index (χ3v) is 3.80. The summed E-state index contributed by atoms with van der Waals surface area (Å²) in [6, 6.07) is 12.8. The molecule has 106 valence electrons. The van der Waals surface area contributed by atoms with Crippen molar-refractivity contribution in [1.29, 1.82) is 0 Å². The fourth-order valence-corrected chi connectivity index (χ4v) is 2.80. The molecule has 20 heavy (non-hydrogen) atoms. The number of rotatable bonds is 5. The van der Waals surface area contributed by atoms with Gasteiger partial charge in [0.25, 0.3) is 0 Å². The lowest BCUT2D eigenvalue weighted by Gasteiger charge is -2.19. The molecular formula is C16H16BrClFN. The lowest BCUT2D eigenvalue weighted by molar-refractivity contribution is 0.542. The molecule has 0 radical (unpaired) electrons. The molecule has 4 heteroatoms. The van der Waals surface area contributed by atoms with Crippen LogP contribution in [0.25, 0.3) is 0 Å². The van der Waals surface area contributed by atoms with Crippen LogP contribution in [0.15, 0.2) is 46.9 Å². The fourth-order valence-electron chi connectivity index (χ4n) is 2.19. The minimum absolute atomic E-state index is 0.0770. The molecule has 0 heterocycles. The zero-order valence-corrected chi connectivity index (χ0v) is 13.5. The number of hydrogen-bond donors (Lipinski definition) is 1. The zero-order chi connectivity index (χ0) is 14.5. The lowest BCUT2D eigenvalue weighted by Crippen LogP contribution is -2.23. The third kappa shape index (κ3) is 4.30. The zero-order valence-electron chi connectivity index (χ0n) is 11.2. The molecule has 0 amide bonds. The maximum absolute atomic E-state index is 13.5. The van der Waals surface area contributed by atoms with Gasteiger partial charge in [-0.25, -0.2) is 4.39 Å². The molecule has 0 aliphatic heterocycles. The second-order valence-electron chi connectivity index (χ2n) is 4.64. The normalized spacial score (nSPS) is 12.4. The first-order valence-electron chi connectivity index (χ1n) is 6.52. The van der Waals surface area contributed by atoms with Crippen LogP contribution >= 0.6 is 27.5 Å². The Morgan fingerprint density at radius 3 is 2.50 bits per heavy atom. The van der Waals surface area contributed by atoms with E-state index in [4.69, 9.17) is 11.6 Å². The summed E-state index contributed by atoms with van der Waals surface area (Å²) in [4.78, 5) is 0. The van der Waals surface area contributed by atoms with Crippen molar-refractivity contribution in [2.75, 3.05) is 6.54 Å². The summed E-state index contributed by atoms with van der Waals surface area (Å²) in [5, 5.41) is 4.12. The minimum atomic E-state index is -0.228. The van der Waals surface area contributed by atoms with Crippen molar-refractivity contribution in [1.82, 2.24) is 5.32 Å². The summed E-state index contributed by atoms with van der Waals surface area (Å²) in [5.74, 6) is -0.228. The second kappa shape index (κ2) is 7.21. The molecule has 0 aliphatic carbocycles. The Kier molecular flexibility index (Phi) is 5.58. The fraction of sp³-hybridized carbons (Fsp3) is 0.250. The van der Waals surface area contributed by atoms with Gasteiger partial charge in [0.2, 0.25) is 0 Å². The summed E-state index contributed by atoms with van der Waals surface area (Å²) in [6.07, 6.45) is 0.793. The van der Waals surface area contributed by atoms with Gasteiger partial charge in [0.15, 0.2) is 0 Å². The smallest absolute Gasteiger partial charge is 0.124 e. The molecule has 1 N–H and O–H groups in total. The standard InChI is InChI=1S/C16H16BrClFN/c1-2-20-16(7-11-3-5-14(18)6-4-11)12-8-13(17)10-15(19)9-12/h3-6,8-10,16,20H,2,7H2,1H3. The van der Waals surface area contributed by atoms with Gasteiger partial charge in [0.1, 0.15) is 5.82 Å². The van der Waals surface area contributed by atoms with Crippen LogP contribution in [0.1, 0.15) is 24.1 Å². The number of halogens is 3.